The van der Waals surface area contributed by atoms with E-state index < -0.39 is 0 Å². The standard InChI is InChI=1S/C22H27N3O/c1-24(2)12-11-22(9-10-22)17-6-3-5-16(13-17)14-25-15-19-18(21(25)26)7-4-8-20(19)23/h3-8,13H,9-12,14-15,23H2,1-2H3. The molecule has 0 radical (unpaired) electrons. The van der Waals surface area contributed by atoms with Crippen LogP contribution in [0.25, 0.3) is 0 Å². The van der Waals surface area contributed by atoms with E-state index in [0.717, 1.165) is 17.7 Å². The first-order valence-corrected chi connectivity index (χ1v) is 9.39. The van der Waals surface area contributed by atoms with Crippen LogP contribution in [-0.4, -0.2) is 36.3 Å². The minimum Gasteiger partial charge on any atom is -0.398 e. The lowest BCUT2D eigenvalue weighted by atomic mass is 9.91. The summed E-state index contributed by atoms with van der Waals surface area (Å²) in [4.78, 5) is 16.9. The van der Waals surface area contributed by atoms with E-state index in [0.29, 0.717) is 24.2 Å². The maximum atomic E-state index is 12.7. The highest BCUT2D eigenvalue weighted by Crippen LogP contribution is 2.51. The first-order chi connectivity index (χ1) is 12.5. The van der Waals surface area contributed by atoms with Gasteiger partial charge < -0.3 is 15.5 Å². The monoisotopic (exact) mass is 349 g/mol. The van der Waals surface area contributed by atoms with Gasteiger partial charge in [0, 0.05) is 29.9 Å². The number of amides is 1. The Morgan fingerprint density at radius 2 is 1.92 bits per heavy atom. The SMILES string of the molecule is CN(C)CCC1(c2cccc(CN3Cc4c(N)cccc4C3=O)c2)CC1. The van der Waals surface area contributed by atoms with Crippen LogP contribution in [0.1, 0.15) is 46.3 Å². The van der Waals surface area contributed by atoms with Gasteiger partial charge >= 0.3 is 0 Å². The van der Waals surface area contributed by atoms with Crippen LogP contribution in [0, 0.1) is 0 Å². The summed E-state index contributed by atoms with van der Waals surface area (Å²) < 4.78 is 0. The molecule has 1 saturated carbocycles. The quantitative estimate of drug-likeness (QED) is 0.813. The number of hydrogen-bond donors (Lipinski definition) is 1. The first-order valence-electron chi connectivity index (χ1n) is 9.39. The van der Waals surface area contributed by atoms with Crippen molar-refractivity contribution in [3.8, 4) is 0 Å². The average Bonchev–Trinajstić information content (AvgIpc) is 3.35. The molecule has 0 saturated heterocycles. The number of nitrogens with zero attached hydrogens (tertiary/aromatic N) is 2. The van der Waals surface area contributed by atoms with Gasteiger partial charge in [-0.3, -0.25) is 4.79 Å². The smallest absolute Gasteiger partial charge is 0.254 e. The van der Waals surface area contributed by atoms with Crippen molar-refractivity contribution in [3.63, 3.8) is 0 Å². The molecule has 0 atom stereocenters. The molecule has 136 valence electrons. The Hall–Kier alpha value is -2.33. The molecule has 0 spiro atoms. The lowest BCUT2D eigenvalue weighted by Crippen LogP contribution is -2.23. The highest BCUT2D eigenvalue weighted by Gasteiger charge is 2.43. The molecule has 2 aromatic carbocycles. The lowest BCUT2D eigenvalue weighted by molar-refractivity contribution is 0.0767. The number of carbonyl (C=O) groups excluding carboxylic acids is 1. The second-order valence-electron chi connectivity index (χ2n) is 8.07. The van der Waals surface area contributed by atoms with Crippen LogP contribution in [0.5, 0.6) is 0 Å². The Bertz CT molecular complexity index is 839. The predicted octanol–water partition coefficient (Wildman–Crippen LogP) is 3.41. The second-order valence-corrected chi connectivity index (χ2v) is 8.07. The van der Waals surface area contributed by atoms with Crippen LogP contribution >= 0.6 is 0 Å². The maximum Gasteiger partial charge on any atom is 0.254 e. The molecule has 0 unspecified atom stereocenters. The third-order valence-electron chi connectivity index (χ3n) is 5.88. The van der Waals surface area contributed by atoms with Crippen LogP contribution in [0.15, 0.2) is 42.5 Å². The van der Waals surface area contributed by atoms with Crippen molar-refractivity contribution in [2.24, 2.45) is 0 Å². The van der Waals surface area contributed by atoms with Gasteiger partial charge in [-0.2, -0.15) is 0 Å². The molecule has 2 aromatic rings. The van der Waals surface area contributed by atoms with Gasteiger partial charge in [-0.05, 0) is 68.6 Å². The van der Waals surface area contributed by atoms with Gasteiger partial charge in [0.05, 0.1) is 0 Å². The third-order valence-corrected chi connectivity index (χ3v) is 5.88. The van der Waals surface area contributed by atoms with Crippen molar-refractivity contribution in [1.82, 2.24) is 9.80 Å². The molecule has 26 heavy (non-hydrogen) atoms. The number of carbonyl (C=O) groups is 1. The summed E-state index contributed by atoms with van der Waals surface area (Å²) in [5.74, 6) is 0.0893. The molecule has 1 aliphatic heterocycles. The number of nitrogen functional groups attached to an aromatic ring is 1. The van der Waals surface area contributed by atoms with Crippen molar-refractivity contribution in [2.45, 2.75) is 37.8 Å². The summed E-state index contributed by atoms with van der Waals surface area (Å²) in [6.45, 7) is 2.37. The molecule has 2 aliphatic rings. The Balaban J connectivity index is 1.51. The molecule has 0 bridgehead atoms. The largest absolute Gasteiger partial charge is 0.398 e. The Morgan fingerprint density at radius 3 is 2.62 bits per heavy atom. The number of benzene rings is 2. The second kappa shape index (κ2) is 6.44. The fourth-order valence-electron chi connectivity index (χ4n) is 4.03. The van der Waals surface area contributed by atoms with Gasteiger partial charge in [0.1, 0.15) is 0 Å². The van der Waals surface area contributed by atoms with Crippen molar-refractivity contribution in [1.29, 1.82) is 0 Å². The molecular weight excluding hydrogens is 322 g/mol. The van der Waals surface area contributed by atoms with E-state index in [9.17, 15) is 4.79 Å². The molecule has 4 heteroatoms. The zero-order valence-electron chi connectivity index (χ0n) is 15.7. The van der Waals surface area contributed by atoms with Crippen molar-refractivity contribution >= 4 is 11.6 Å². The number of fused-ring (bicyclic) bond motifs is 1. The Morgan fingerprint density at radius 1 is 1.15 bits per heavy atom. The predicted molar refractivity (Wildman–Crippen MR) is 105 cm³/mol. The van der Waals surface area contributed by atoms with Gasteiger partial charge in [0.25, 0.3) is 5.91 Å². The van der Waals surface area contributed by atoms with Gasteiger partial charge in [-0.15, -0.1) is 0 Å². The van der Waals surface area contributed by atoms with Gasteiger partial charge in [0.2, 0.25) is 0 Å². The van der Waals surface area contributed by atoms with E-state index in [1.165, 1.54) is 30.4 Å². The molecule has 4 nitrogen and oxygen atoms in total. The zero-order chi connectivity index (χ0) is 18.3. The maximum absolute atomic E-state index is 12.7. The Kier molecular flexibility index (Phi) is 4.23. The molecular formula is C22H27N3O. The van der Waals surface area contributed by atoms with E-state index >= 15 is 0 Å². The fraction of sp³-hybridized carbons (Fsp3) is 0.409. The van der Waals surface area contributed by atoms with Gasteiger partial charge in [-0.1, -0.05) is 30.3 Å². The molecule has 2 N–H and O–H groups in total. The first kappa shape index (κ1) is 17.1. The lowest BCUT2D eigenvalue weighted by Gasteiger charge is -2.21. The number of anilines is 1. The summed E-state index contributed by atoms with van der Waals surface area (Å²) in [7, 11) is 4.27. The summed E-state index contributed by atoms with van der Waals surface area (Å²) in [6.07, 6.45) is 3.75. The van der Waals surface area contributed by atoms with Gasteiger partial charge in [-0.25, -0.2) is 0 Å². The van der Waals surface area contributed by atoms with Crippen molar-refractivity contribution in [3.05, 3.63) is 64.7 Å². The molecule has 4 rings (SSSR count). The Labute approximate surface area is 155 Å². The minimum absolute atomic E-state index is 0.0893. The summed E-state index contributed by atoms with van der Waals surface area (Å²) >= 11 is 0. The van der Waals surface area contributed by atoms with Gasteiger partial charge in [0.15, 0.2) is 0 Å². The summed E-state index contributed by atoms with van der Waals surface area (Å²) in [5.41, 5.74) is 11.5. The average molecular weight is 349 g/mol. The van der Waals surface area contributed by atoms with Crippen LogP contribution in [0.4, 0.5) is 5.69 Å². The number of hydrogen-bond acceptors (Lipinski definition) is 3. The van der Waals surface area contributed by atoms with Crippen molar-refractivity contribution in [2.75, 3.05) is 26.4 Å². The highest BCUT2D eigenvalue weighted by molar-refractivity contribution is 5.99. The number of nitrogens with two attached hydrogens (primary N) is 1. The molecule has 1 aliphatic carbocycles. The zero-order valence-corrected chi connectivity index (χ0v) is 15.7. The highest BCUT2D eigenvalue weighted by atomic mass is 16.2. The van der Waals surface area contributed by atoms with E-state index in [1.54, 1.807) is 0 Å². The molecule has 0 aromatic heterocycles. The number of rotatable bonds is 6. The van der Waals surface area contributed by atoms with E-state index in [-0.39, 0.29) is 5.91 Å². The van der Waals surface area contributed by atoms with Crippen LogP contribution in [0.2, 0.25) is 0 Å². The third kappa shape index (κ3) is 3.10. The normalized spacial score (nSPS) is 17.7. The molecule has 1 amide bonds. The summed E-state index contributed by atoms with van der Waals surface area (Å²) in [6, 6.07) is 14.4. The van der Waals surface area contributed by atoms with Crippen LogP contribution < -0.4 is 5.73 Å². The van der Waals surface area contributed by atoms with Crippen LogP contribution in [0.3, 0.4) is 0 Å². The summed E-state index contributed by atoms with van der Waals surface area (Å²) in [5, 5.41) is 0. The van der Waals surface area contributed by atoms with E-state index in [1.807, 2.05) is 23.1 Å². The van der Waals surface area contributed by atoms with E-state index in [4.69, 9.17) is 5.73 Å². The topological polar surface area (TPSA) is 49.6 Å². The minimum atomic E-state index is 0.0893. The fourth-order valence-corrected chi connectivity index (χ4v) is 4.03. The van der Waals surface area contributed by atoms with Crippen LogP contribution in [-0.2, 0) is 18.5 Å². The molecule has 1 heterocycles. The molecule has 1 fully saturated rings. The van der Waals surface area contributed by atoms with E-state index in [2.05, 4.69) is 43.3 Å². The van der Waals surface area contributed by atoms with Crippen molar-refractivity contribution < 1.29 is 4.79 Å².